The van der Waals surface area contributed by atoms with E-state index in [9.17, 15) is 0 Å². The molecule has 0 amide bonds. The fourth-order valence-electron chi connectivity index (χ4n) is 2.99. The van der Waals surface area contributed by atoms with Gasteiger partial charge in [-0.25, -0.2) is 0 Å². The molecule has 0 spiro atoms. The van der Waals surface area contributed by atoms with Crippen LogP contribution < -0.4 is 5.32 Å². The molecule has 1 aromatic carbocycles. The van der Waals surface area contributed by atoms with Gasteiger partial charge in [0, 0.05) is 30.1 Å². The Morgan fingerprint density at radius 1 is 1.40 bits per heavy atom. The molecule has 1 aliphatic rings. The van der Waals surface area contributed by atoms with Gasteiger partial charge in [-0.2, -0.15) is 0 Å². The molecule has 1 aromatic heterocycles. The molecule has 4 heteroatoms. The number of piperidine rings is 1. The van der Waals surface area contributed by atoms with Gasteiger partial charge >= 0.3 is 0 Å². The molecule has 2 heterocycles. The average Bonchev–Trinajstić information content (AvgIpc) is 2.81. The van der Waals surface area contributed by atoms with Crippen LogP contribution in [-0.4, -0.2) is 30.6 Å². The minimum atomic E-state index is 0.516. The van der Waals surface area contributed by atoms with E-state index in [-0.39, 0.29) is 0 Å². The van der Waals surface area contributed by atoms with Gasteiger partial charge < -0.3 is 14.6 Å². The van der Waals surface area contributed by atoms with Gasteiger partial charge in [-0.3, -0.25) is 0 Å². The quantitative estimate of drug-likeness (QED) is 0.932. The SMILES string of the molecule is CCN1CCCC(NCc2c(Cl)oc3ccccc23)C1. The molecular weight excluding hydrogens is 272 g/mol. The zero-order chi connectivity index (χ0) is 13.9. The highest BCUT2D eigenvalue weighted by Gasteiger charge is 2.19. The van der Waals surface area contributed by atoms with Crippen molar-refractivity contribution in [1.29, 1.82) is 0 Å². The zero-order valence-electron chi connectivity index (χ0n) is 11.9. The van der Waals surface area contributed by atoms with E-state index < -0.39 is 0 Å². The third-order valence-electron chi connectivity index (χ3n) is 4.17. The molecule has 0 bridgehead atoms. The summed E-state index contributed by atoms with van der Waals surface area (Å²) in [4.78, 5) is 2.50. The lowest BCUT2D eigenvalue weighted by Gasteiger charge is -2.32. The summed E-state index contributed by atoms with van der Waals surface area (Å²) in [7, 11) is 0. The van der Waals surface area contributed by atoms with Gasteiger partial charge in [-0.1, -0.05) is 25.1 Å². The highest BCUT2D eigenvalue weighted by molar-refractivity contribution is 6.30. The molecule has 1 N–H and O–H groups in total. The van der Waals surface area contributed by atoms with Gasteiger partial charge in [-0.05, 0) is 43.6 Å². The van der Waals surface area contributed by atoms with Crippen LogP contribution in [0.1, 0.15) is 25.3 Å². The van der Waals surface area contributed by atoms with E-state index in [0.29, 0.717) is 11.3 Å². The minimum Gasteiger partial charge on any atom is -0.444 e. The lowest BCUT2D eigenvalue weighted by molar-refractivity contribution is 0.198. The van der Waals surface area contributed by atoms with Crippen molar-refractivity contribution in [3.63, 3.8) is 0 Å². The Morgan fingerprint density at radius 3 is 3.10 bits per heavy atom. The van der Waals surface area contributed by atoms with Crippen LogP contribution in [0.5, 0.6) is 0 Å². The Labute approximate surface area is 124 Å². The smallest absolute Gasteiger partial charge is 0.199 e. The summed E-state index contributed by atoms with van der Waals surface area (Å²) in [6.07, 6.45) is 2.51. The van der Waals surface area contributed by atoms with Crippen LogP contribution in [0.3, 0.4) is 0 Å². The van der Waals surface area contributed by atoms with Crippen LogP contribution in [0.2, 0.25) is 5.22 Å². The maximum atomic E-state index is 6.22. The number of hydrogen-bond donors (Lipinski definition) is 1. The summed E-state index contributed by atoms with van der Waals surface area (Å²) in [6, 6.07) is 8.58. The summed E-state index contributed by atoms with van der Waals surface area (Å²) in [6.45, 7) is 6.49. The van der Waals surface area contributed by atoms with Crippen LogP contribution in [0.15, 0.2) is 28.7 Å². The molecule has 0 aliphatic carbocycles. The largest absolute Gasteiger partial charge is 0.444 e. The standard InChI is InChI=1S/C16H21ClN2O/c1-2-19-9-5-6-12(11-19)18-10-14-13-7-3-4-8-15(13)20-16(14)17/h3-4,7-8,12,18H,2,5-6,9-11H2,1H3. The predicted octanol–water partition coefficient (Wildman–Crippen LogP) is 3.66. The maximum Gasteiger partial charge on any atom is 0.199 e. The van der Waals surface area contributed by atoms with Crippen molar-refractivity contribution in [1.82, 2.24) is 10.2 Å². The summed E-state index contributed by atoms with van der Waals surface area (Å²) in [5, 5.41) is 5.27. The topological polar surface area (TPSA) is 28.4 Å². The molecule has 0 radical (unpaired) electrons. The number of halogens is 1. The molecule has 1 saturated heterocycles. The van der Waals surface area contributed by atoms with E-state index in [1.807, 2.05) is 18.2 Å². The van der Waals surface area contributed by atoms with Gasteiger partial charge in [0.15, 0.2) is 5.22 Å². The second kappa shape index (κ2) is 6.17. The lowest BCUT2D eigenvalue weighted by atomic mass is 10.1. The van der Waals surface area contributed by atoms with E-state index in [1.165, 1.54) is 19.4 Å². The second-order valence-corrected chi connectivity index (χ2v) is 5.81. The fraction of sp³-hybridized carbons (Fsp3) is 0.500. The van der Waals surface area contributed by atoms with E-state index >= 15 is 0 Å². The predicted molar refractivity (Wildman–Crippen MR) is 83.2 cm³/mol. The summed E-state index contributed by atoms with van der Waals surface area (Å²) < 4.78 is 5.60. The van der Waals surface area contributed by atoms with Crippen LogP contribution >= 0.6 is 11.6 Å². The number of para-hydroxylation sites is 1. The summed E-state index contributed by atoms with van der Waals surface area (Å²) >= 11 is 6.22. The minimum absolute atomic E-state index is 0.516. The van der Waals surface area contributed by atoms with Crippen LogP contribution in [0.25, 0.3) is 11.0 Å². The average molecular weight is 293 g/mol. The van der Waals surface area contributed by atoms with E-state index in [0.717, 1.165) is 36.2 Å². The molecule has 2 aromatic rings. The Balaban J connectivity index is 1.69. The number of benzene rings is 1. The zero-order valence-corrected chi connectivity index (χ0v) is 12.6. The first kappa shape index (κ1) is 13.9. The molecule has 1 aliphatic heterocycles. The second-order valence-electron chi connectivity index (χ2n) is 5.46. The first-order valence-corrected chi connectivity index (χ1v) is 7.77. The van der Waals surface area contributed by atoms with Crippen LogP contribution in [-0.2, 0) is 6.54 Å². The first-order valence-electron chi connectivity index (χ1n) is 7.39. The van der Waals surface area contributed by atoms with Crippen molar-refractivity contribution in [2.24, 2.45) is 0 Å². The van der Waals surface area contributed by atoms with E-state index in [4.69, 9.17) is 16.0 Å². The Kier molecular flexibility index (Phi) is 4.29. The number of likely N-dealkylation sites (N-methyl/N-ethyl adjacent to an activating group) is 1. The molecular formula is C16H21ClN2O. The molecule has 0 saturated carbocycles. The Morgan fingerprint density at radius 2 is 2.25 bits per heavy atom. The van der Waals surface area contributed by atoms with Crippen molar-refractivity contribution < 1.29 is 4.42 Å². The Hall–Kier alpha value is -1.03. The van der Waals surface area contributed by atoms with Crippen molar-refractivity contribution in [3.8, 4) is 0 Å². The molecule has 1 atom stereocenters. The van der Waals surface area contributed by atoms with E-state index in [2.05, 4.69) is 23.2 Å². The van der Waals surface area contributed by atoms with Crippen molar-refractivity contribution in [2.45, 2.75) is 32.4 Å². The van der Waals surface area contributed by atoms with Gasteiger partial charge in [-0.15, -0.1) is 0 Å². The highest BCUT2D eigenvalue weighted by Crippen LogP contribution is 2.29. The van der Waals surface area contributed by atoms with Gasteiger partial charge in [0.25, 0.3) is 0 Å². The van der Waals surface area contributed by atoms with Gasteiger partial charge in [0.05, 0.1) is 0 Å². The number of hydrogen-bond acceptors (Lipinski definition) is 3. The number of rotatable bonds is 4. The van der Waals surface area contributed by atoms with Crippen LogP contribution in [0, 0.1) is 0 Å². The number of nitrogens with one attached hydrogen (secondary N) is 1. The number of nitrogens with zero attached hydrogens (tertiary/aromatic N) is 1. The van der Waals surface area contributed by atoms with Gasteiger partial charge in [0.2, 0.25) is 0 Å². The van der Waals surface area contributed by atoms with Gasteiger partial charge in [0.1, 0.15) is 5.58 Å². The fourth-order valence-corrected chi connectivity index (χ4v) is 3.24. The van der Waals surface area contributed by atoms with Crippen molar-refractivity contribution in [2.75, 3.05) is 19.6 Å². The summed E-state index contributed by atoms with van der Waals surface area (Å²) in [5.74, 6) is 0. The number of likely N-dealkylation sites (tertiary alicyclic amines) is 1. The molecule has 20 heavy (non-hydrogen) atoms. The number of furan rings is 1. The van der Waals surface area contributed by atoms with E-state index in [1.54, 1.807) is 0 Å². The molecule has 1 unspecified atom stereocenters. The third kappa shape index (κ3) is 2.85. The maximum absolute atomic E-state index is 6.22. The monoisotopic (exact) mass is 292 g/mol. The van der Waals surface area contributed by atoms with Crippen molar-refractivity contribution in [3.05, 3.63) is 35.0 Å². The first-order chi connectivity index (χ1) is 9.78. The van der Waals surface area contributed by atoms with Crippen molar-refractivity contribution >= 4 is 22.6 Å². The normalized spacial score (nSPS) is 20.6. The summed E-state index contributed by atoms with van der Waals surface area (Å²) in [5.41, 5.74) is 1.95. The highest BCUT2D eigenvalue weighted by atomic mass is 35.5. The lowest BCUT2D eigenvalue weighted by Crippen LogP contribution is -2.45. The Bertz CT molecular complexity index is 581. The van der Waals surface area contributed by atoms with Crippen LogP contribution in [0.4, 0.5) is 0 Å². The third-order valence-corrected chi connectivity index (χ3v) is 4.47. The number of fused-ring (bicyclic) bond motifs is 1. The molecule has 1 fully saturated rings. The molecule has 108 valence electrons. The molecule has 3 nitrogen and oxygen atoms in total. The molecule has 3 rings (SSSR count).